The number of hydrogen-bond donors (Lipinski definition) is 2. The van der Waals surface area contributed by atoms with Crippen LogP contribution >= 0.6 is 15.9 Å². The summed E-state index contributed by atoms with van der Waals surface area (Å²) in [5.74, 6) is -1.02. The summed E-state index contributed by atoms with van der Waals surface area (Å²) in [6, 6.07) is 14.1. The lowest BCUT2D eigenvalue weighted by Gasteiger charge is -2.23. The third-order valence-electron chi connectivity index (χ3n) is 4.24. The largest absolute Gasteiger partial charge is 0.372 e. The van der Waals surface area contributed by atoms with E-state index in [1.54, 1.807) is 0 Å². The van der Waals surface area contributed by atoms with E-state index in [1.807, 2.05) is 18.2 Å². The zero-order valence-corrected chi connectivity index (χ0v) is 17.5. The van der Waals surface area contributed by atoms with Gasteiger partial charge in [0.15, 0.2) is 0 Å². The van der Waals surface area contributed by atoms with Gasteiger partial charge in [-0.05, 0) is 59.6 Å². The minimum Gasteiger partial charge on any atom is -0.372 e. The van der Waals surface area contributed by atoms with Crippen LogP contribution in [0.2, 0.25) is 0 Å². The Morgan fingerprint density at radius 2 is 1.82 bits per heavy atom. The van der Waals surface area contributed by atoms with Crippen LogP contribution in [0.4, 0.5) is 10.1 Å². The van der Waals surface area contributed by atoms with Crippen molar-refractivity contribution < 1.29 is 14.0 Å². The Hall–Kier alpha value is -2.41. The number of nitrogens with zero attached hydrogens (tertiary/aromatic N) is 1. The first-order valence-corrected chi connectivity index (χ1v) is 10.1. The smallest absolute Gasteiger partial charge is 0.252 e. The molecule has 2 aromatic rings. The highest BCUT2D eigenvalue weighted by Crippen LogP contribution is 2.17. The highest BCUT2D eigenvalue weighted by Gasteiger charge is 2.11. The number of para-hydroxylation sites is 1. The second-order valence-corrected chi connectivity index (χ2v) is 7.10. The number of hydrogen-bond acceptors (Lipinski definition) is 3. The normalized spacial score (nSPS) is 10.4. The number of rotatable bonds is 10. The fourth-order valence-electron chi connectivity index (χ4n) is 2.75. The van der Waals surface area contributed by atoms with Crippen LogP contribution in [-0.4, -0.2) is 38.0 Å². The minimum atomic E-state index is -0.484. The molecular formula is C21H25BrFN3O2. The molecule has 0 saturated heterocycles. The van der Waals surface area contributed by atoms with Crippen LogP contribution < -0.4 is 15.5 Å². The van der Waals surface area contributed by atoms with E-state index in [-0.39, 0.29) is 24.4 Å². The molecule has 0 aliphatic carbocycles. The molecule has 5 nitrogen and oxygen atoms in total. The standard InChI is InChI=1S/C21H25BrFN3O2/c1-2-26(17-7-4-3-5-8-17)14-6-12-24-20(27)11-13-25-21(28)18-15-16(23)9-10-19(18)22/h3-5,7-10,15H,2,6,11-14H2,1H3,(H,24,27)(H,25,28). The first kappa shape index (κ1) is 21.9. The van der Waals surface area contributed by atoms with Crippen molar-refractivity contribution in [3.63, 3.8) is 0 Å². The SMILES string of the molecule is CCN(CCCNC(=O)CCNC(=O)c1cc(F)ccc1Br)c1ccccc1. The van der Waals surface area contributed by atoms with E-state index in [4.69, 9.17) is 0 Å². The molecule has 2 N–H and O–H groups in total. The van der Waals surface area contributed by atoms with Crippen molar-refractivity contribution in [2.45, 2.75) is 19.8 Å². The summed E-state index contributed by atoms with van der Waals surface area (Å²) in [5, 5.41) is 5.49. The van der Waals surface area contributed by atoms with Crippen LogP contribution in [0.3, 0.4) is 0 Å². The van der Waals surface area contributed by atoms with Crippen molar-refractivity contribution in [3.8, 4) is 0 Å². The summed E-state index contributed by atoms with van der Waals surface area (Å²) in [5.41, 5.74) is 1.38. The molecule has 0 heterocycles. The monoisotopic (exact) mass is 449 g/mol. The van der Waals surface area contributed by atoms with E-state index in [1.165, 1.54) is 17.8 Å². The molecule has 0 atom stereocenters. The lowest BCUT2D eigenvalue weighted by Crippen LogP contribution is -2.33. The van der Waals surface area contributed by atoms with Gasteiger partial charge < -0.3 is 15.5 Å². The lowest BCUT2D eigenvalue weighted by molar-refractivity contribution is -0.120. The Labute approximate surface area is 173 Å². The first-order valence-electron chi connectivity index (χ1n) is 9.31. The molecule has 2 amide bonds. The molecule has 0 fully saturated rings. The highest BCUT2D eigenvalue weighted by atomic mass is 79.9. The van der Waals surface area contributed by atoms with Crippen LogP contribution in [0, 0.1) is 5.82 Å². The summed E-state index contributed by atoms with van der Waals surface area (Å²) in [6.45, 7) is 4.63. The van der Waals surface area contributed by atoms with Gasteiger partial charge in [0, 0.05) is 42.8 Å². The summed E-state index contributed by atoms with van der Waals surface area (Å²) in [4.78, 5) is 26.2. The zero-order chi connectivity index (χ0) is 20.4. The van der Waals surface area contributed by atoms with Crippen molar-refractivity contribution in [1.82, 2.24) is 10.6 Å². The Bertz CT molecular complexity index is 786. The fourth-order valence-corrected chi connectivity index (χ4v) is 3.18. The van der Waals surface area contributed by atoms with Crippen molar-refractivity contribution in [3.05, 3.63) is 64.4 Å². The lowest BCUT2D eigenvalue weighted by atomic mass is 10.2. The Morgan fingerprint density at radius 1 is 1.07 bits per heavy atom. The quantitative estimate of drug-likeness (QED) is 0.543. The number of halogens is 2. The third kappa shape index (κ3) is 6.96. The number of carbonyl (C=O) groups excluding carboxylic acids is 2. The maximum atomic E-state index is 13.3. The van der Waals surface area contributed by atoms with Gasteiger partial charge in [-0.25, -0.2) is 4.39 Å². The van der Waals surface area contributed by atoms with Crippen LogP contribution in [-0.2, 0) is 4.79 Å². The van der Waals surface area contributed by atoms with Crippen molar-refractivity contribution >= 4 is 33.4 Å². The summed E-state index contributed by atoms with van der Waals surface area (Å²) in [6.07, 6.45) is 1.01. The van der Waals surface area contributed by atoms with E-state index in [0.29, 0.717) is 11.0 Å². The zero-order valence-electron chi connectivity index (χ0n) is 15.9. The molecule has 7 heteroatoms. The summed E-state index contributed by atoms with van der Waals surface area (Å²) < 4.78 is 13.8. The van der Waals surface area contributed by atoms with E-state index >= 15 is 0 Å². The molecule has 0 saturated carbocycles. The molecule has 0 radical (unpaired) electrons. The predicted molar refractivity (Wildman–Crippen MR) is 113 cm³/mol. The van der Waals surface area contributed by atoms with Crippen molar-refractivity contribution in [1.29, 1.82) is 0 Å². The first-order chi connectivity index (χ1) is 13.5. The second-order valence-electron chi connectivity index (χ2n) is 6.25. The molecule has 0 aliphatic heterocycles. The average Bonchev–Trinajstić information content (AvgIpc) is 2.70. The van der Waals surface area contributed by atoms with E-state index in [2.05, 4.69) is 50.5 Å². The summed E-state index contributed by atoms with van der Waals surface area (Å²) in [7, 11) is 0. The van der Waals surface area contributed by atoms with Gasteiger partial charge in [-0.15, -0.1) is 0 Å². The third-order valence-corrected chi connectivity index (χ3v) is 4.93. The van der Waals surface area contributed by atoms with E-state index in [0.717, 1.165) is 25.6 Å². The van der Waals surface area contributed by atoms with Gasteiger partial charge in [0.1, 0.15) is 5.82 Å². The molecule has 0 bridgehead atoms. The van der Waals surface area contributed by atoms with Gasteiger partial charge in [0.2, 0.25) is 5.91 Å². The van der Waals surface area contributed by atoms with Crippen LogP contribution in [0.15, 0.2) is 53.0 Å². The van der Waals surface area contributed by atoms with Gasteiger partial charge in [0.25, 0.3) is 5.91 Å². The van der Waals surface area contributed by atoms with Crippen molar-refractivity contribution in [2.24, 2.45) is 0 Å². The molecule has 0 aliphatic rings. The molecule has 0 spiro atoms. The highest BCUT2D eigenvalue weighted by molar-refractivity contribution is 9.10. The number of amides is 2. The summed E-state index contributed by atoms with van der Waals surface area (Å²) >= 11 is 3.22. The number of carbonyl (C=O) groups is 2. The number of anilines is 1. The fraction of sp³-hybridized carbons (Fsp3) is 0.333. The Balaban J connectivity index is 1.65. The van der Waals surface area contributed by atoms with Gasteiger partial charge in [-0.1, -0.05) is 18.2 Å². The van der Waals surface area contributed by atoms with E-state index in [9.17, 15) is 14.0 Å². The van der Waals surface area contributed by atoms with Gasteiger partial charge >= 0.3 is 0 Å². The molecule has 150 valence electrons. The molecule has 0 aromatic heterocycles. The molecule has 28 heavy (non-hydrogen) atoms. The number of benzene rings is 2. The predicted octanol–water partition coefficient (Wildman–Crippen LogP) is 3.74. The van der Waals surface area contributed by atoms with Crippen LogP contribution in [0.1, 0.15) is 30.1 Å². The molecule has 2 rings (SSSR count). The Kier molecular flexibility index (Phi) is 8.94. The number of nitrogens with one attached hydrogen (secondary N) is 2. The van der Waals surface area contributed by atoms with Gasteiger partial charge in [0.05, 0.1) is 5.56 Å². The topological polar surface area (TPSA) is 61.4 Å². The van der Waals surface area contributed by atoms with Gasteiger partial charge in [-0.2, -0.15) is 0 Å². The molecule has 2 aromatic carbocycles. The molecule has 0 unspecified atom stereocenters. The van der Waals surface area contributed by atoms with Crippen molar-refractivity contribution in [2.75, 3.05) is 31.1 Å². The minimum absolute atomic E-state index is 0.124. The maximum Gasteiger partial charge on any atom is 0.252 e. The van der Waals surface area contributed by atoms with Crippen LogP contribution in [0.5, 0.6) is 0 Å². The second kappa shape index (κ2) is 11.4. The molecular weight excluding hydrogens is 425 g/mol. The van der Waals surface area contributed by atoms with E-state index < -0.39 is 11.7 Å². The van der Waals surface area contributed by atoms with Crippen LogP contribution in [0.25, 0.3) is 0 Å². The maximum absolute atomic E-state index is 13.3. The average molecular weight is 450 g/mol. The Morgan fingerprint density at radius 3 is 2.54 bits per heavy atom. The van der Waals surface area contributed by atoms with Gasteiger partial charge in [-0.3, -0.25) is 9.59 Å².